The summed E-state index contributed by atoms with van der Waals surface area (Å²) >= 11 is 0. The molecule has 25 heavy (non-hydrogen) atoms. The van der Waals surface area contributed by atoms with Crippen LogP contribution in [0, 0.1) is 16.3 Å². The lowest BCUT2D eigenvalue weighted by molar-refractivity contribution is -0.384. The molecular weight excluding hydrogens is 314 g/mol. The van der Waals surface area contributed by atoms with Gasteiger partial charge in [-0.2, -0.15) is 5.10 Å². The van der Waals surface area contributed by atoms with Gasteiger partial charge in [0.15, 0.2) is 0 Å². The van der Waals surface area contributed by atoms with E-state index in [-0.39, 0.29) is 5.69 Å². The van der Waals surface area contributed by atoms with Crippen molar-refractivity contribution < 1.29 is 4.92 Å². The zero-order valence-electron chi connectivity index (χ0n) is 15.1. The molecule has 5 heteroatoms. The molecule has 2 rings (SSSR count). The van der Waals surface area contributed by atoms with Gasteiger partial charge in [0.2, 0.25) is 0 Å². The van der Waals surface area contributed by atoms with Gasteiger partial charge in [-0.15, -0.1) is 0 Å². The van der Waals surface area contributed by atoms with Crippen molar-refractivity contribution in [1.82, 2.24) is 9.78 Å². The summed E-state index contributed by atoms with van der Waals surface area (Å²) in [6, 6.07) is 8.29. The normalized spacial score (nSPS) is 10.9. The molecular formula is C20H28N3O2. The lowest BCUT2D eigenvalue weighted by Crippen LogP contribution is -1.97. The third-order valence-corrected chi connectivity index (χ3v) is 4.42. The summed E-state index contributed by atoms with van der Waals surface area (Å²) in [6.45, 7) is 2.25. The van der Waals surface area contributed by atoms with E-state index in [4.69, 9.17) is 0 Å². The van der Waals surface area contributed by atoms with Crippen molar-refractivity contribution in [2.45, 2.75) is 71.1 Å². The monoisotopic (exact) mass is 342 g/mol. The Balaban J connectivity index is 1.67. The fourth-order valence-electron chi connectivity index (χ4n) is 2.91. The highest BCUT2D eigenvalue weighted by molar-refractivity contribution is 5.40. The highest BCUT2D eigenvalue weighted by Gasteiger charge is 2.06. The molecule has 0 aliphatic carbocycles. The molecule has 0 fully saturated rings. The van der Waals surface area contributed by atoms with Crippen molar-refractivity contribution in [3.8, 4) is 5.69 Å². The number of benzene rings is 1. The summed E-state index contributed by atoms with van der Waals surface area (Å²) in [5.74, 6) is 0. The van der Waals surface area contributed by atoms with E-state index in [1.165, 1.54) is 63.5 Å². The first-order valence-corrected chi connectivity index (χ1v) is 9.42. The van der Waals surface area contributed by atoms with Crippen molar-refractivity contribution in [2.24, 2.45) is 0 Å². The molecule has 1 aromatic heterocycles. The van der Waals surface area contributed by atoms with E-state index in [0.29, 0.717) is 0 Å². The maximum Gasteiger partial charge on any atom is 0.269 e. The Morgan fingerprint density at radius 1 is 1.00 bits per heavy atom. The van der Waals surface area contributed by atoms with Crippen LogP contribution in [0.25, 0.3) is 5.69 Å². The smallest absolute Gasteiger partial charge is 0.258 e. The van der Waals surface area contributed by atoms with Gasteiger partial charge in [-0.25, -0.2) is 4.68 Å². The highest BCUT2D eigenvalue weighted by atomic mass is 16.6. The van der Waals surface area contributed by atoms with Gasteiger partial charge in [0, 0.05) is 12.1 Å². The lowest BCUT2D eigenvalue weighted by Gasteiger charge is -2.02. The molecule has 0 saturated carbocycles. The number of unbranched alkanes of at least 4 members (excludes halogenated alkanes) is 8. The molecule has 1 heterocycles. The standard InChI is InChI=1S/C20H28N3O2/c1-2-3-4-5-6-7-8-9-10-11-18-16-17-22(21-18)19-12-14-20(15-13-19)23(24)25/h12-16H,2-11H2,1H3. The molecule has 0 spiro atoms. The molecule has 0 amide bonds. The molecule has 0 saturated heterocycles. The van der Waals surface area contributed by atoms with Crippen LogP contribution in [-0.2, 0) is 6.42 Å². The van der Waals surface area contributed by atoms with Gasteiger partial charge in [0.05, 0.1) is 22.5 Å². The Morgan fingerprint density at radius 3 is 2.20 bits per heavy atom. The molecule has 0 unspecified atom stereocenters. The van der Waals surface area contributed by atoms with Crippen molar-refractivity contribution in [3.05, 3.63) is 52.3 Å². The van der Waals surface area contributed by atoms with Gasteiger partial charge < -0.3 is 0 Å². The Bertz CT molecular complexity index is 635. The Morgan fingerprint density at radius 2 is 1.60 bits per heavy atom. The van der Waals surface area contributed by atoms with Crippen molar-refractivity contribution >= 4 is 5.69 Å². The molecule has 2 aromatic rings. The number of nitrogens with zero attached hydrogens (tertiary/aromatic N) is 3. The van der Waals surface area contributed by atoms with Crippen LogP contribution in [0.2, 0.25) is 0 Å². The van der Waals surface area contributed by atoms with Gasteiger partial charge in [0.25, 0.3) is 5.69 Å². The maximum absolute atomic E-state index is 10.7. The van der Waals surface area contributed by atoms with Crippen molar-refractivity contribution in [2.75, 3.05) is 0 Å². The van der Waals surface area contributed by atoms with E-state index in [0.717, 1.165) is 24.2 Å². The first-order chi connectivity index (χ1) is 12.2. The predicted octanol–water partition coefficient (Wildman–Crippen LogP) is 5.65. The zero-order chi connectivity index (χ0) is 17.9. The number of nitro groups is 1. The molecule has 1 aromatic carbocycles. The van der Waals surface area contributed by atoms with Gasteiger partial charge >= 0.3 is 0 Å². The molecule has 5 nitrogen and oxygen atoms in total. The third kappa shape index (κ3) is 6.69. The number of aromatic nitrogens is 2. The molecule has 0 bridgehead atoms. The summed E-state index contributed by atoms with van der Waals surface area (Å²) in [5.41, 5.74) is 1.91. The van der Waals surface area contributed by atoms with Crippen LogP contribution < -0.4 is 0 Å². The van der Waals surface area contributed by atoms with E-state index >= 15 is 0 Å². The number of hydrogen-bond acceptors (Lipinski definition) is 3. The minimum Gasteiger partial charge on any atom is -0.258 e. The quantitative estimate of drug-likeness (QED) is 0.284. The number of aryl methyl sites for hydroxylation is 1. The summed E-state index contributed by atoms with van der Waals surface area (Å²) in [4.78, 5) is 10.3. The third-order valence-electron chi connectivity index (χ3n) is 4.42. The average molecular weight is 342 g/mol. The first-order valence-electron chi connectivity index (χ1n) is 9.42. The SMILES string of the molecule is CCCCCCCCCCCc1c[c]n(-c2ccc([N+](=O)[O-])cc2)n1. The fourth-order valence-corrected chi connectivity index (χ4v) is 2.91. The van der Waals surface area contributed by atoms with Gasteiger partial charge in [-0.3, -0.25) is 10.1 Å². The molecule has 0 aliphatic rings. The van der Waals surface area contributed by atoms with Crippen LogP contribution in [0.5, 0.6) is 0 Å². The Kier molecular flexibility index (Phi) is 8.16. The summed E-state index contributed by atoms with van der Waals surface area (Å²) in [7, 11) is 0. The number of non-ortho nitro benzene ring substituents is 1. The van der Waals surface area contributed by atoms with Crippen molar-refractivity contribution in [3.63, 3.8) is 0 Å². The first kappa shape index (κ1) is 19.2. The molecule has 135 valence electrons. The van der Waals surface area contributed by atoms with Crippen LogP contribution in [-0.4, -0.2) is 14.7 Å². The summed E-state index contributed by atoms with van der Waals surface area (Å²) in [6.07, 6.45) is 15.9. The van der Waals surface area contributed by atoms with Crippen LogP contribution in [0.3, 0.4) is 0 Å². The van der Waals surface area contributed by atoms with Crippen LogP contribution in [0.4, 0.5) is 5.69 Å². The van der Waals surface area contributed by atoms with E-state index in [1.54, 1.807) is 16.8 Å². The van der Waals surface area contributed by atoms with Gasteiger partial charge in [-0.1, -0.05) is 58.3 Å². The highest BCUT2D eigenvalue weighted by Crippen LogP contribution is 2.16. The van der Waals surface area contributed by atoms with Crippen LogP contribution >= 0.6 is 0 Å². The maximum atomic E-state index is 10.7. The number of hydrogen-bond donors (Lipinski definition) is 0. The van der Waals surface area contributed by atoms with E-state index in [1.807, 2.05) is 6.07 Å². The molecule has 0 aliphatic heterocycles. The van der Waals surface area contributed by atoms with E-state index < -0.39 is 4.92 Å². The molecule has 0 N–H and O–H groups in total. The van der Waals surface area contributed by atoms with Crippen LogP contribution in [0.15, 0.2) is 30.3 Å². The second-order valence-corrected chi connectivity index (χ2v) is 6.53. The topological polar surface area (TPSA) is 61.0 Å². The Labute approximate surface area is 150 Å². The number of rotatable bonds is 12. The van der Waals surface area contributed by atoms with Crippen LogP contribution in [0.1, 0.15) is 70.4 Å². The second-order valence-electron chi connectivity index (χ2n) is 6.53. The molecule has 1 radical (unpaired) electrons. The van der Waals surface area contributed by atoms with Crippen molar-refractivity contribution in [1.29, 1.82) is 0 Å². The summed E-state index contributed by atoms with van der Waals surface area (Å²) < 4.78 is 1.66. The lowest BCUT2D eigenvalue weighted by atomic mass is 10.1. The van der Waals surface area contributed by atoms with E-state index in [2.05, 4.69) is 18.2 Å². The van der Waals surface area contributed by atoms with Gasteiger partial charge in [-0.05, 0) is 31.0 Å². The summed E-state index contributed by atoms with van der Waals surface area (Å²) in [5, 5.41) is 15.2. The minimum atomic E-state index is -0.397. The average Bonchev–Trinajstić information content (AvgIpc) is 3.09. The second kappa shape index (κ2) is 10.6. The largest absolute Gasteiger partial charge is 0.269 e. The van der Waals surface area contributed by atoms with Gasteiger partial charge in [0.1, 0.15) is 0 Å². The fraction of sp³-hybridized carbons (Fsp3) is 0.550. The van der Waals surface area contributed by atoms with E-state index in [9.17, 15) is 10.1 Å². The predicted molar refractivity (Wildman–Crippen MR) is 100.0 cm³/mol. The zero-order valence-corrected chi connectivity index (χ0v) is 15.1. The Hall–Kier alpha value is -2.17. The minimum absolute atomic E-state index is 0.0887. The molecule has 0 atom stereocenters. The number of nitro benzene ring substituents is 1.